The lowest BCUT2D eigenvalue weighted by molar-refractivity contribution is -0.122. The van der Waals surface area contributed by atoms with Gasteiger partial charge in [0.15, 0.2) is 0 Å². The minimum atomic E-state index is -0.00892. The van der Waals surface area contributed by atoms with E-state index in [1.54, 1.807) is 7.11 Å². The molecule has 2 N–H and O–H groups in total. The first-order valence-electron chi connectivity index (χ1n) is 7.38. The van der Waals surface area contributed by atoms with Crippen LogP contribution < -0.4 is 10.1 Å². The standard InChI is InChI=1S/C16H24N2O3/c1-12-6-7-18(15(12)11-19)10-16(20)17-9-13-4-3-5-14(8-13)21-2/h3-5,8,12,15,19H,6-7,9-11H2,1-2H3,(H,17,20). The van der Waals surface area contributed by atoms with Crippen molar-refractivity contribution in [1.29, 1.82) is 0 Å². The Morgan fingerprint density at radius 3 is 3.05 bits per heavy atom. The number of hydrogen-bond donors (Lipinski definition) is 2. The number of methoxy groups -OCH3 is 1. The lowest BCUT2D eigenvalue weighted by Crippen LogP contribution is -2.42. The number of nitrogens with zero attached hydrogens (tertiary/aromatic N) is 1. The van der Waals surface area contributed by atoms with Crippen LogP contribution in [0.25, 0.3) is 0 Å². The molecule has 1 aromatic carbocycles. The van der Waals surface area contributed by atoms with E-state index in [4.69, 9.17) is 4.74 Å². The van der Waals surface area contributed by atoms with Gasteiger partial charge in [0.1, 0.15) is 5.75 Å². The van der Waals surface area contributed by atoms with Gasteiger partial charge in [0.25, 0.3) is 0 Å². The summed E-state index contributed by atoms with van der Waals surface area (Å²) in [7, 11) is 1.63. The third-order valence-electron chi connectivity index (χ3n) is 4.16. The Kier molecular flexibility index (Phi) is 5.59. The number of rotatable bonds is 6. The second-order valence-electron chi connectivity index (χ2n) is 5.61. The number of hydrogen-bond acceptors (Lipinski definition) is 4. The molecule has 1 aliphatic rings. The zero-order valence-corrected chi connectivity index (χ0v) is 12.7. The molecule has 116 valence electrons. The fourth-order valence-corrected chi connectivity index (χ4v) is 2.80. The fourth-order valence-electron chi connectivity index (χ4n) is 2.80. The minimum absolute atomic E-state index is 0.00892. The maximum atomic E-state index is 12.0. The van der Waals surface area contributed by atoms with Crippen molar-refractivity contribution < 1.29 is 14.6 Å². The largest absolute Gasteiger partial charge is 0.497 e. The zero-order chi connectivity index (χ0) is 15.2. The van der Waals surface area contributed by atoms with Gasteiger partial charge in [-0.1, -0.05) is 19.1 Å². The average molecular weight is 292 g/mol. The van der Waals surface area contributed by atoms with E-state index in [0.717, 1.165) is 24.3 Å². The number of carbonyl (C=O) groups is 1. The summed E-state index contributed by atoms with van der Waals surface area (Å²) < 4.78 is 5.16. The van der Waals surface area contributed by atoms with Gasteiger partial charge in [-0.2, -0.15) is 0 Å². The lowest BCUT2D eigenvalue weighted by Gasteiger charge is -2.24. The molecule has 2 atom stereocenters. The Bertz CT molecular complexity index is 478. The van der Waals surface area contributed by atoms with Crippen molar-refractivity contribution in [3.8, 4) is 5.75 Å². The van der Waals surface area contributed by atoms with Gasteiger partial charge in [-0.25, -0.2) is 0 Å². The van der Waals surface area contributed by atoms with Crippen LogP contribution >= 0.6 is 0 Å². The number of ether oxygens (including phenoxy) is 1. The summed E-state index contributed by atoms with van der Waals surface area (Å²) in [6.45, 7) is 3.95. The molecular formula is C16H24N2O3. The van der Waals surface area contributed by atoms with Gasteiger partial charge in [-0.15, -0.1) is 0 Å². The maximum Gasteiger partial charge on any atom is 0.234 e. The van der Waals surface area contributed by atoms with E-state index in [1.807, 2.05) is 24.3 Å². The van der Waals surface area contributed by atoms with Crippen LogP contribution in [-0.2, 0) is 11.3 Å². The smallest absolute Gasteiger partial charge is 0.234 e. The highest BCUT2D eigenvalue weighted by Crippen LogP contribution is 2.22. The molecule has 0 bridgehead atoms. The summed E-state index contributed by atoms with van der Waals surface area (Å²) in [5, 5.41) is 12.3. The monoisotopic (exact) mass is 292 g/mol. The number of amides is 1. The molecule has 5 heteroatoms. The first kappa shape index (κ1) is 15.8. The third kappa shape index (κ3) is 4.19. The van der Waals surface area contributed by atoms with Crippen molar-refractivity contribution in [2.45, 2.75) is 25.9 Å². The van der Waals surface area contributed by atoms with Crippen LogP contribution in [-0.4, -0.2) is 48.8 Å². The van der Waals surface area contributed by atoms with Crippen molar-refractivity contribution in [2.24, 2.45) is 5.92 Å². The number of aliphatic hydroxyl groups excluding tert-OH is 1. The van der Waals surface area contributed by atoms with Crippen molar-refractivity contribution in [1.82, 2.24) is 10.2 Å². The second kappa shape index (κ2) is 7.43. The fraction of sp³-hybridized carbons (Fsp3) is 0.562. The quantitative estimate of drug-likeness (QED) is 0.821. The summed E-state index contributed by atoms with van der Waals surface area (Å²) in [5.74, 6) is 1.22. The summed E-state index contributed by atoms with van der Waals surface area (Å²) >= 11 is 0. The van der Waals surface area contributed by atoms with Crippen LogP contribution in [0, 0.1) is 5.92 Å². The molecule has 0 saturated carbocycles. The third-order valence-corrected chi connectivity index (χ3v) is 4.16. The van der Waals surface area contributed by atoms with Crippen molar-refractivity contribution >= 4 is 5.91 Å². The normalized spacial score (nSPS) is 22.2. The van der Waals surface area contributed by atoms with Crippen molar-refractivity contribution in [3.63, 3.8) is 0 Å². The molecule has 1 saturated heterocycles. The van der Waals surface area contributed by atoms with Crippen LogP contribution in [0.5, 0.6) is 5.75 Å². The van der Waals surface area contributed by atoms with Gasteiger partial charge < -0.3 is 15.2 Å². The van der Waals surface area contributed by atoms with Gasteiger partial charge >= 0.3 is 0 Å². The number of nitrogens with one attached hydrogen (secondary N) is 1. The highest BCUT2D eigenvalue weighted by atomic mass is 16.5. The van der Waals surface area contributed by atoms with E-state index < -0.39 is 0 Å². The Hall–Kier alpha value is -1.59. The SMILES string of the molecule is COc1cccc(CNC(=O)CN2CCC(C)C2CO)c1. The zero-order valence-electron chi connectivity index (χ0n) is 12.7. The molecule has 0 radical (unpaired) electrons. The first-order chi connectivity index (χ1) is 10.1. The first-order valence-corrected chi connectivity index (χ1v) is 7.38. The molecule has 0 aromatic heterocycles. The number of aliphatic hydroxyl groups is 1. The molecule has 0 aliphatic carbocycles. The van der Waals surface area contributed by atoms with Gasteiger partial charge in [-0.05, 0) is 36.6 Å². The number of likely N-dealkylation sites (tertiary alicyclic amines) is 1. The molecule has 2 unspecified atom stereocenters. The van der Waals surface area contributed by atoms with Crippen molar-refractivity contribution in [3.05, 3.63) is 29.8 Å². The molecule has 1 amide bonds. The van der Waals surface area contributed by atoms with Crippen LogP contribution in [0.4, 0.5) is 0 Å². The Balaban J connectivity index is 1.82. The minimum Gasteiger partial charge on any atom is -0.497 e. The number of carbonyl (C=O) groups excluding carboxylic acids is 1. The van der Waals surface area contributed by atoms with E-state index in [0.29, 0.717) is 19.0 Å². The lowest BCUT2D eigenvalue weighted by atomic mass is 10.0. The van der Waals surface area contributed by atoms with E-state index >= 15 is 0 Å². The summed E-state index contributed by atoms with van der Waals surface area (Å²) in [5.41, 5.74) is 1.01. The van der Waals surface area contributed by atoms with Gasteiger partial charge in [0, 0.05) is 12.6 Å². The molecule has 1 fully saturated rings. The average Bonchev–Trinajstić information content (AvgIpc) is 2.85. The Labute approximate surface area is 125 Å². The van der Waals surface area contributed by atoms with Crippen LogP contribution in [0.1, 0.15) is 18.9 Å². The predicted octanol–water partition coefficient (Wildman–Crippen LogP) is 1.01. The van der Waals surface area contributed by atoms with Gasteiger partial charge in [-0.3, -0.25) is 9.69 Å². The second-order valence-corrected chi connectivity index (χ2v) is 5.61. The summed E-state index contributed by atoms with van der Waals surface area (Å²) in [4.78, 5) is 14.1. The summed E-state index contributed by atoms with van der Waals surface area (Å²) in [6, 6.07) is 7.76. The molecule has 1 aromatic rings. The van der Waals surface area contributed by atoms with E-state index in [-0.39, 0.29) is 18.6 Å². The van der Waals surface area contributed by atoms with E-state index in [1.165, 1.54) is 0 Å². The molecule has 0 spiro atoms. The van der Waals surface area contributed by atoms with Gasteiger partial charge in [0.2, 0.25) is 5.91 Å². The Morgan fingerprint density at radius 1 is 1.52 bits per heavy atom. The summed E-state index contributed by atoms with van der Waals surface area (Å²) in [6.07, 6.45) is 1.04. The topological polar surface area (TPSA) is 61.8 Å². The maximum absolute atomic E-state index is 12.0. The number of benzene rings is 1. The van der Waals surface area contributed by atoms with E-state index in [9.17, 15) is 9.90 Å². The van der Waals surface area contributed by atoms with E-state index in [2.05, 4.69) is 17.1 Å². The van der Waals surface area contributed by atoms with Crippen LogP contribution in [0.3, 0.4) is 0 Å². The predicted molar refractivity (Wildman–Crippen MR) is 81.1 cm³/mol. The molecule has 2 rings (SSSR count). The molecule has 1 heterocycles. The highest BCUT2D eigenvalue weighted by Gasteiger charge is 2.31. The Morgan fingerprint density at radius 2 is 2.33 bits per heavy atom. The molecule has 21 heavy (non-hydrogen) atoms. The van der Waals surface area contributed by atoms with Crippen LogP contribution in [0.15, 0.2) is 24.3 Å². The van der Waals surface area contributed by atoms with Crippen molar-refractivity contribution in [2.75, 3.05) is 26.8 Å². The van der Waals surface area contributed by atoms with Crippen LogP contribution in [0.2, 0.25) is 0 Å². The molecule has 1 aliphatic heterocycles. The molecular weight excluding hydrogens is 268 g/mol. The van der Waals surface area contributed by atoms with Gasteiger partial charge in [0.05, 0.1) is 20.3 Å². The molecule has 5 nitrogen and oxygen atoms in total. The highest BCUT2D eigenvalue weighted by molar-refractivity contribution is 5.78.